The average Bonchev–Trinajstić information content (AvgIpc) is 2.58. The van der Waals surface area contributed by atoms with Crippen molar-refractivity contribution in [3.05, 3.63) is 65.5 Å². The summed E-state index contributed by atoms with van der Waals surface area (Å²) in [4.78, 5) is 3.89. The topological polar surface area (TPSA) is 59.5 Å². The molecule has 1 aromatic carbocycles. The lowest BCUT2D eigenvalue weighted by atomic mass is 10.1. The minimum atomic E-state index is -4.46. The van der Waals surface area contributed by atoms with Crippen molar-refractivity contribution in [2.24, 2.45) is 0 Å². The van der Waals surface area contributed by atoms with E-state index in [1.165, 1.54) is 23.5 Å². The lowest BCUT2D eigenvalue weighted by molar-refractivity contribution is -0.137. The average molecular weight is 388 g/mol. The highest BCUT2D eigenvalue weighted by Crippen LogP contribution is 2.29. The number of alkyl halides is 3. The lowest BCUT2D eigenvalue weighted by Crippen LogP contribution is -2.34. The van der Waals surface area contributed by atoms with Gasteiger partial charge in [0.25, 0.3) is 0 Å². The highest BCUT2D eigenvalue weighted by atomic mass is 32.2. The molecule has 1 heterocycles. The van der Waals surface area contributed by atoms with E-state index >= 15 is 0 Å². The minimum Gasteiger partial charge on any atom is -0.383 e. The molecule has 0 radical (unpaired) electrons. The van der Waals surface area contributed by atoms with Gasteiger partial charge in [-0.05, 0) is 35.4 Å². The number of sulfonamides is 1. The standard InChI is InChI=1S/C17H19F3N2O3S/c1-25-11-10-22(12-14-6-8-21-9-7-14)26(23,24)13-15-2-4-16(5-3-15)17(18,19)20/h2-9H,10-13H2,1H3. The van der Waals surface area contributed by atoms with Crippen LogP contribution in [0.3, 0.4) is 0 Å². The Kier molecular flexibility index (Phi) is 6.74. The largest absolute Gasteiger partial charge is 0.416 e. The van der Waals surface area contributed by atoms with Gasteiger partial charge in [-0.25, -0.2) is 8.42 Å². The van der Waals surface area contributed by atoms with Crippen LogP contribution in [0, 0.1) is 0 Å². The summed E-state index contributed by atoms with van der Waals surface area (Å²) in [6.45, 7) is 0.480. The van der Waals surface area contributed by atoms with Crippen molar-refractivity contribution in [2.75, 3.05) is 20.3 Å². The molecule has 0 amide bonds. The van der Waals surface area contributed by atoms with Gasteiger partial charge in [-0.15, -0.1) is 0 Å². The van der Waals surface area contributed by atoms with E-state index in [9.17, 15) is 21.6 Å². The van der Waals surface area contributed by atoms with Gasteiger partial charge in [0.2, 0.25) is 10.0 Å². The molecule has 0 saturated carbocycles. The summed E-state index contributed by atoms with van der Waals surface area (Å²) >= 11 is 0. The van der Waals surface area contributed by atoms with Gasteiger partial charge in [0, 0.05) is 32.6 Å². The van der Waals surface area contributed by atoms with Crippen LogP contribution >= 0.6 is 0 Å². The van der Waals surface area contributed by atoms with Crippen LogP contribution in [-0.2, 0) is 33.2 Å². The maximum absolute atomic E-state index is 12.7. The predicted molar refractivity (Wildman–Crippen MR) is 90.6 cm³/mol. The first-order chi connectivity index (χ1) is 12.2. The smallest absolute Gasteiger partial charge is 0.383 e. The lowest BCUT2D eigenvalue weighted by Gasteiger charge is -2.22. The first-order valence-electron chi connectivity index (χ1n) is 7.74. The Bertz CT molecular complexity index is 794. The molecule has 26 heavy (non-hydrogen) atoms. The molecule has 0 aliphatic rings. The summed E-state index contributed by atoms with van der Waals surface area (Å²) in [5.74, 6) is -0.389. The van der Waals surface area contributed by atoms with E-state index < -0.39 is 21.8 Å². The molecule has 0 saturated heterocycles. The molecule has 0 atom stereocenters. The van der Waals surface area contributed by atoms with Gasteiger partial charge in [0.15, 0.2) is 0 Å². The highest BCUT2D eigenvalue weighted by Gasteiger charge is 2.30. The summed E-state index contributed by atoms with van der Waals surface area (Å²) in [5, 5.41) is 0. The number of halogens is 3. The molecule has 0 bridgehead atoms. The molecular formula is C17H19F3N2O3S. The van der Waals surface area contributed by atoms with Crippen molar-refractivity contribution < 1.29 is 26.3 Å². The summed E-state index contributed by atoms with van der Waals surface area (Å²) in [5.41, 5.74) is 0.230. The van der Waals surface area contributed by atoms with E-state index in [4.69, 9.17) is 4.74 Å². The zero-order chi connectivity index (χ0) is 19.2. The van der Waals surface area contributed by atoms with Gasteiger partial charge in [0.05, 0.1) is 17.9 Å². The molecule has 5 nitrogen and oxygen atoms in total. The normalized spacial score (nSPS) is 12.5. The SMILES string of the molecule is COCCN(Cc1ccncc1)S(=O)(=O)Cc1ccc(C(F)(F)F)cc1. The Morgan fingerprint density at radius 1 is 1.04 bits per heavy atom. The molecule has 1 aromatic heterocycles. The van der Waals surface area contributed by atoms with E-state index in [0.717, 1.165) is 17.7 Å². The molecule has 0 N–H and O–H groups in total. The third-order valence-electron chi connectivity index (χ3n) is 3.68. The molecule has 0 aliphatic carbocycles. The van der Waals surface area contributed by atoms with E-state index in [0.29, 0.717) is 0 Å². The number of aromatic nitrogens is 1. The predicted octanol–water partition coefficient (Wildman–Crippen LogP) is 3.08. The van der Waals surface area contributed by atoms with Crippen molar-refractivity contribution in [3.63, 3.8) is 0 Å². The van der Waals surface area contributed by atoms with Crippen LogP contribution < -0.4 is 0 Å². The summed E-state index contributed by atoms with van der Waals surface area (Å²) < 4.78 is 69.5. The molecule has 0 fully saturated rings. The quantitative estimate of drug-likeness (QED) is 0.697. The molecule has 142 valence electrons. The van der Waals surface area contributed by atoms with E-state index in [-0.39, 0.29) is 31.0 Å². The van der Waals surface area contributed by atoms with Gasteiger partial charge in [0.1, 0.15) is 0 Å². The Morgan fingerprint density at radius 3 is 2.19 bits per heavy atom. The molecule has 0 aliphatic heterocycles. The molecule has 2 rings (SSSR count). The third-order valence-corrected chi connectivity index (χ3v) is 5.47. The van der Waals surface area contributed by atoms with Crippen molar-refractivity contribution in [1.29, 1.82) is 0 Å². The van der Waals surface area contributed by atoms with Gasteiger partial charge >= 0.3 is 6.18 Å². The first kappa shape index (κ1) is 20.3. The fraction of sp³-hybridized carbons (Fsp3) is 0.353. The fourth-order valence-corrected chi connectivity index (χ4v) is 3.79. The fourth-order valence-electron chi connectivity index (χ4n) is 2.29. The van der Waals surface area contributed by atoms with Crippen LogP contribution in [0.15, 0.2) is 48.8 Å². The molecular weight excluding hydrogens is 369 g/mol. The number of hydrogen-bond donors (Lipinski definition) is 0. The van der Waals surface area contributed by atoms with Crippen LogP contribution in [0.5, 0.6) is 0 Å². The summed E-state index contributed by atoms with van der Waals surface area (Å²) in [6.07, 6.45) is -1.33. The van der Waals surface area contributed by atoms with Gasteiger partial charge in [-0.3, -0.25) is 4.98 Å². The number of pyridine rings is 1. The minimum absolute atomic E-state index is 0.134. The van der Waals surface area contributed by atoms with Crippen molar-refractivity contribution >= 4 is 10.0 Å². The Labute approximate surface area is 150 Å². The van der Waals surface area contributed by atoms with Crippen LogP contribution in [0.2, 0.25) is 0 Å². The number of benzene rings is 1. The highest BCUT2D eigenvalue weighted by molar-refractivity contribution is 7.88. The van der Waals surface area contributed by atoms with Crippen LogP contribution in [-0.4, -0.2) is 38.0 Å². The second kappa shape index (κ2) is 8.61. The van der Waals surface area contributed by atoms with E-state index in [1.807, 2.05) is 0 Å². The second-order valence-electron chi connectivity index (χ2n) is 5.63. The van der Waals surface area contributed by atoms with Crippen molar-refractivity contribution in [3.8, 4) is 0 Å². The zero-order valence-corrected chi connectivity index (χ0v) is 14.9. The molecule has 2 aromatic rings. The third kappa shape index (κ3) is 5.79. The second-order valence-corrected chi connectivity index (χ2v) is 7.60. The maximum atomic E-state index is 12.7. The van der Waals surface area contributed by atoms with Crippen LogP contribution in [0.4, 0.5) is 13.2 Å². The zero-order valence-electron chi connectivity index (χ0n) is 14.1. The summed E-state index contributed by atoms with van der Waals surface area (Å²) in [6, 6.07) is 7.53. The Hall–Kier alpha value is -1.97. The Balaban J connectivity index is 2.17. The number of hydrogen-bond acceptors (Lipinski definition) is 4. The number of ether oxygens (including phenoxy) is 1. The number of methoxy groups -OCH3 is 1. The van der Waals surface area contributed by atoms with E-state index in [2.05, 4.69) is 4.98 Å². The molecule has 0 spiro atoms. The van der Waals surface area contributed by atoms with Crippen molar-refractivity contribution in [1.82, 2.24) is 9.29 Å². The van der Waals surface area contributed by atoms with Crippen molar-refractivity contribution in [2.45, 2.75) is 18.5 Å². The number of nitrogens with zero attached hydrogens (tertiary/aromatic N) is 2. The van der Waals surface area contributed by atoms with E-state index in [1.54, 1.807) is 24.5 Å². The first-order valence-corrected chi connectivity index (χ1v) is 9.35. The van der Waals surface area contributed by atoms with Crippen LogP contribution in [0.25, 0.3) is 0 Å². The van der Waals surface area contributed by atoms with Gasteiger partial charge in [-0.2, -0.15) is 17.5 Å². The summed E-state index contributed by atoms with van der Waals surface area (Å²) in [7, 11) is -2.28. The van der Waals surface area contributed by atoms with Gasteiger partial charge in [-0.1, -0.05) is 12.1 Å². The maximum Gasteiger partial charge on any atom is 0.416 e. The Morgan fingerprint density at radius 2 is 1.65 bits per heavy atom. The van der Waals surface area contributed by atoms with Crippen LogP contribution in [0.1, 0.15) is 16.7 Å². The molecule has 9 heteroatoms. The monoisotopic (exact) mass is 388 g/mol. The number of rotatable bonds is 8. The van der Waals surface area contributed by atoms with Gasteiger partial charge < -0.3 is 4.74 Å². The molecule has 0 unspecified atom stereocenters.